The molecule has 0 spiro atoms. The second kappa shape index (κ2) is 5.88. The van der Waals surface area contributed by atoms with Gasteiger partial charge in [0.05, 0.1) is 12.7 Å². The molecule has 7 heteroatoms. The number of hydrogen-bond donors (Lipinski definition) is 0. The van der Waals surface area contributed by atoms with Crippen molar-refractivity contribution in [3.8, 4) is 0 Å². The van der Waals surface area contributed by atoms with Gasteiger partial charge < -0.3 is 18.3 Å². The average molecular weight is 244 g/mol. The van der Waals surface area contributed by atoms with E-state index in [0.717, 1.165) is 0 Å². The molecule has 1 aliphatic heterocycles. The van der Waals surface area contributed by atoms with Crippen molar-refractivity contribution in [2.75, 3.05) is 6.61 Å². The molecule has 1 fully saturated rings. The average Bonchev–Trinajstić information content (AvgIpc) is 2.17. The van der Waals surface area contributed by atoms with Gasteiger partial charge in [-0.05, 0) is 6.92 Å². The van der Waals surface area contributed by atoms with E-state index in [4.69, 9.17) is 18.3 Å². The van der Waals surface area contributed by atoms with Crippen molar-refractivity contribution in [3.05, 3.63) is 0 Å². The zero-order valence-corrected chi connectivity index (χ0v) is 10.8. The maximum atomic E-state index is 5.45. The van der Waals surface area contributed by atoms with Crippen molar-refractivity contribution in [2.24, 2.45) is 0 Å². The molecule has 0 bridgehead atoms. The molecule has 0 N–H and O–H groups in total. The SMILES string of the molecule is CC1OCC(OP)C(OP)C1OP. The molecular formula is C6H15O4P3. The van der Waals surface area contributed by atoms with Gasteiger partial charge in [-0.2, -0.15) is 0 Å². The lowest BCUT2D eigenvalue weighted by atomic mass is 10.0. The van der Waals surface area contributed by atoms with Crippen LogP contribution in [0.3, 0.4) is 0 Å². The van der Waals surface area contributed by atoms with E-state index in [1.54, 1.807) is 0 Å². The van der Waals surface area contributed by atoms with E-state index in [9.17, 15) is 0 Å². The van der Waals surface area contributed by atoms with Crippen molar-refractivity contribution >= 4 is 28.4 Å². The van der Waals surface area contributed by atoms with E-state index >= 15 is 0 Å². The molecule has 0 aliphatic carbocycles. The third kappa shape index (κ3) is 2.79. The molecule has 1 aliphatic rings. The highest BCUT2D eigenvalue weighted by Crippen LogP contribution is 2.26. The van der Waals surface area contributed by atoms with E-state index in [0.29, 0.717) is 6.61 Å². The Morgan fingerprint density at radius 3 is 2.15 bits per heavy atom. The summed E-state index contributed by atoms with van der Waals surface area (Å²) >= 11 is 0. The molecule has 13 heavy (non-hydrogen) atoms. The first-order valence-electron chi connectivity index (χ1n) is 3.92. The highest BCUT2D eigenvalue weighted by atomic mass is 31.0. The van der Waals surface area contributed by atoms with Gasteiger partial charge in [-0.15, -0.1) is 0 Å². The van der Waals surface area contributed by atoms with Crippen LogP contribution in [0.5, 0.6) is 0 Å². The number of ether oxygens (including phenoxy) is 1. The predicted octanol–water partition coefficient (Wildman–Crippen LogP) is 0.931. The van der Waals surface area contributed by atoms with Gasteiger partial charge >= 0.3 is 0 Å². The molecule has 0 saturated carbocycles. The van der Waals surface area contributed by atoms with Crippen molar-refractivity contribution in [1.82, 2.24) is 0 Å². The lowest BCUT2D eigenvalue weighted by molar-refractivity contribution is -0.147. The van der Waals surface area contributed by atoms with Crippen molar-refractivity contribution in [2.45, 2.75) is 31.3 Å². The van der Waals surface area contributed by atoms with Crippen LogP contribution in [0, 0.1) is 0 Å². The highest BCUT2D eigenvalue weighted by molar-refractivity contribution is 7.10. The van der Waals surface area contributed by atoms with Gasteiger partial charge in [-0.25, -0.2) is 0 Å². The van der Waals surface area contributed by atoms with E-state index < -0.39 is 0 Å². The Morgan fingerprint density at radius 2 is 1.69 bits per heavy atom. The monoisotopic (exact) mass is 244 g/mol. The van der Waals surface area contributed by atoms with Crippen LogP contribution >= 0.6 is 28.4 Å². The normalized spacial score (nSPS) is 40.6. The molecule has 0 aromatic heterocycles. The van der Waals surface area contributed by atoms with Crippen LogP contribution < -0.4 is 0 Å². The topological polar surface area (TPSA) is 36.9 Å². The fourth-order valence-electron chi connectivity index (χ4n) is 1.38. The van der Waals surface area contributed by atoms with Gasteiger partial charge in [0, 0.05) is 28.4 Å². The van der Waals surface area contributed by atoms with E-state index in [1.807, 2.05) is 6.92 Å². The second-order valence-electron chi connectivity index (χ2n) is 2.91. The van der Waals surface area contributed by atoms with Crippen LogP contribution in [0.15, 0.2) is 0 Å². The fourth-order valence-corrected chi connectivity index (χ4v) is 2.32. The fraction of sp³-hybridized carbons (Fsp3) is 1.00. The molecule has 78 valence electrons. The first-order chi connectivity index (χ1) is 6.24. The summed E-state index contributed by atoms with van der Waals surface area (Å²) in [6.45, 7) is 2.47. The second-order valence-corrected chi connectivity index (χ2v) is 3.73. The lowest BCUT2D eigenvalue weighted by Crippen LogP contribution is -2.52. The summed E-state index contributed by atoms with van der Waals surface area (Å²) in [7, 11) is 6.68. The minimum absolute atomic E-state index is 0.0134. The first kappa shape index (κ1) is 12.2. The summed E-state index contributed by atoms with van der Waals surface area (Å²) in [6, 6.07) is 0. The summed E-state index contributed by atoms with van der Waals surface area (Å²) in [5.41, 5.74) is 0. The molecule has 4 nitrogen and oxygen atoms in total. The Kier molecular flexibility index (Phi) is 5.52. The van der Waals surface area contributed by atoms with E-state index in [1.165, 1.54) is 0 Å². The van der Waals surface area contributed by atoms with Crippen LogP contribution in [0.25, 0.3) is 0 Å². The zero-order valence-electron chi connectivity index (χ0n) is 7.38. The Labute approximate surface area is 85.3 Å². The smallest absolute Gasteiger partial charge is 0.119 e. The van der Waals surface area contributed by atoms with Crippen molar-refractivity contribution in [1.29, 1.82) is 0 Å². The minimum Gasteiger partial charge on any atom is -0.373 e. The Balaban J connectivity index is 2.64. The van der Waals surface area contributed by atoms with Crippen LogP contribution in [-0.2, 0) is 18.3 Å². The molecule has 0 amide bonds. The minimum atomic E-state index is -0.123. The summed E-state index contributed by atoms with van der Waals surface area (Å²) in [5.74, 6) is 0. The van der Waals surface area contributed by atoms with Gasteiger partial charge in [0.2, 0.25) is 0 Å². The van der Waals surface area contributed by atoms with E-state index in [-0.39, 0.29) is 24.4 Å². The standard InChI is InChI=1S/C6H15O4P3/c1-3-5(9-12)6(10-13)4(8-11)2-7-3/h3-6H,2,11-13H2,1H3. The third-order valence-electron chi connectivity index (χ3n) is 2.17. The van der Waals surface area contributed by atoms with Crippen LogP contribution in [0.2, 0.25) is 0 Å². The van der Waals surface area contributed by atoms with Crippen molar-refractivity contribution in [3.63, 3.8) is 0 Å². The molecule has 1 heterocycles. The maximum Gasteiger partial charge on any atom is 0.119 e. The summed E-state index contributed by atoms with van der Waals surface area (Å²) in [4.78, 5) is 0. The molecule has 1 rings (SSSR count). The van der Waals surface area contributed by atoms with Gasteiger partial charge in [0.1, 0.15) is 18.3 Å². The van der Waals surface area contributed by atoms with Gasteiger partial charge in [-0.3, -0.25) is 0 Å². The zero-order chi connectivity index (χ0) is 9.84. The molecule has 0 aromatic rings. The molecule has 7 atom stereocenters. The first-order valence-corrected chi connectivity index (χ1v) is 5.34. The maximum absolute atomic E-state index is 5.45. The molecule has 0 radical (unpaired) electrons. The lowest BCUT2D eigenvalue weighted by Gasteiger charge is -2.38. The quantitative estimate of drug-likeness (QED) is 0.692. The summed E-state index contributed by atoms with van der Waals surface area (Å²) in [6.07, 6.45) is -0.339. The van der Waals surface area contributed by atoms with Crippen LogP contribution in [-0.4, -0.2) is 31.0 Å². The van der Waals surface area contributed by atoms with Gasteiger partial charge in [-0.1, -0.05) is 0 Å². The largest absolute Gasteiger partial charge is 0.373 e. The molecule has 0 aromatic carbocycles. The number of hydrogen-bond acceptors (Lipinski definition) is 4. The Bertz CT molecular complexity index is 159. The molecule has 7 unspecified atom stereocenters. The van der Waals surface area contributed by atoms with Gasteiger partial charge in [0.15, 0.2) is 0 Å². The molecule has 1 saturated heterocycles. The van der Waals surface area contributed by atoms with Crippen LogP contribution in [0.1, 0.15) is 6.92 Å². The highest BCUT2D eigenvalue weighted by Gasteiger charge is 2.39. The number of rotatable bonds is 3. The molecular weight excluding hydrogens is 229 g/mol. The summed E-state index contributed by atoms with van der Waals surface area (Å²) in [5, 5.41) is 0. The van der Waals surface area contributed by atoms with Crippen molar-refractivity contribution < 1.29 is 18.3 Å². The Morgan fingerprint density at radius 1 is 1.08 bits per heavy atom. The predicted molar refractivity (Wildman–Crippen MR) is 59.2 cm³/mol. The van der Waals surface area contributed by atoms with Gasteiger partial charge in [0.25, 0.3) is 0 Å². The van der Waals surface area contributed by atoms with Crippen LogP contribution in [0.4, 0.5) is 0 Å². The third-order valence-corrected chi connectivity index (χ3v) is 3.14. The Hall–Kier alpha value is 1.13. The van der Waals surface area contributed by atoms with E-state index in [2.05, 4.69) is 28.4 Å². The summed E-state index contributed by atoms with van der Waals surface area (Å²) < 4.78 is 21.0.